The van der Waals surface area contributed by atoms with Gasteiger partial charge in [-0.25, -0.2) is 23.1 Å². The normalized spacial score (nSPS) is 11.3. The van der Waals surface area contributed by atoms with E-state index in [1.165, 1.54) is 31.4 Å². The van der Waals surface area contributed by atoms with Crippen LogP contribution in [0.15, 0.2) is 54.9 Å². The highest BCUT2D eigenvalue weighted by molar-refractivity contribution is 6.30. The van der Waals surface area contributed by atoms with Crippen LogP contribution < -0.4 is 0 Å². The minimum absolute atomic E-state index is 0.296. The highest BCUT2D eigenvalue weighted by Crippen LogP contribution is 2.27. The van der Waals surface area contributed by atoms with Gasteiger partial charge in [-0.05, 0) is 66.0 Å². The van der Waals surface area contributed by atoms with Gasteiger partial charge in [-0.2, -0.15) is 0 Å². The van der Waals surface area contributed by atoms with Crippen molar-refractivity contribution in [3.05, 3.63) is 94.0 Å². The van der Waals surface area contributed by atoms with Gasteiger partial charge in [-0.1, -0.05) is 62.1 Å². The predicted molar refractivity (Wildman–Crippen MR) is 132 cm³/mol. The number of rotatable bonds is 9. The summed E-state index contributed by atoms with van der Waals surface area (Å²) in [5, 5.41) is 0.707. The Labute approximate surface area is 202 Å². The fourth-order valence-electron chi connectivity index (χ4n) is 4.09. The van der Waals surface area contributed by atoms with Crippen molar-refractivity contribution in [1.29, 1.82) is 0 Å². The number of fused-ring (bicyclic) bond motifs is 1. The monoisotopic (exact) mass is 482 g/mol. The molecule has 0 radical (unpaired) electrons. The molecule has 0 atom stereocenters. The third kappa shape index (κ3) is 5.58. The van der Waals surface area contributed by atoms with E-state index in [-0.39, 0.29) is 5.82 Å². The molecule has 4 aromatic rings. The molecular weight excluding hydrogens is 457 g/mol. The molecule has 1 aromatic heterocycles. The van der Waals surface area contributed by atoms with Crippen molar-refractivity contribution in [2.24, 2.45) is 0 Å². The topological polar surface area (TPSA) is 25.8 Å². The first-order chi connectivity index (χ1) is 16.5. The van der Waals surface area contributed by atoms with Crippen LogP contribution >= 0.6 is 11.6 Å². The standard InChI is InChI=1S/C28H26ClF3N2/c1-2-3-4-5-6-19-16-33-28(34-17-19)22-11-12-23-21(15-22)10-9-20(27(23)32)8-7-18-13-24(30)26(29)25(31)14-18/h9-17H,2-8H2,1H3. The second kappa shape index (κ2) is 11.0. The van der Waals surface area contributed by atoms with E-state index in [0.29, 0.717) is 35.2 Å². The first-order valence-electron chi connectivity index (χ1n) is 11.6. The first kappa shape index (κ1) is 24.2. The molecule has 0 spiro atoms. The van der Waals surface area contributed by atoms with Crippen LogP contribution in [0.2, 0.25) is 5.02 Å². The van der Waals surface area contributed by atoms with E-state index in [1.807, 2.05) is 30.6 Å². The smallest absolute Gasteiger partial charge is 0.159 e. The van der Waals surface area contributed by atoms with Gasteiger partial charge >= 0.3 is 0 Å². The van der Waals surface area contributed by atoms with E-state index in [9.17, 15) is 8.78 Å². The molecule has 0 aliphatic heterocycles. The Hall–Kier alpha value is -2.92. The molecule has 0 aliphatic rings. The number of halogens is 4. The van der Waals surface area contributed by atoms with Gasteiger partial charge in [0, 0.05) is 23.3 Å². The van der Waals surface area contributed by atoms with E-state index >= 15 is 4.39 Å². The lowest BCUT2D eigenvalue weighted by atomic mass is 9.99. The highest BCUT2D eigenvalue weighted by Gasteiger charge is 2.12. The summed E-state index contributed by atoms with van der Waals surface area (Å²) in [6, 6.07) is 11.4. The molecular formula is C28H26ClF3N2. The minimum atomic E-state index is -0.810. The van der Waals surface area contributed by atoms with Crippen molar-refractivity contribution in [1.82, 2.24) is 9.97 Å². The summed E-state index contributed by atoms with van der Waals surface area (Å²) in [6.07, 6.45) is 10.1. The molecule has 0 saturated heterocycles. The van der Waals surface area contributed by atoms with Crippen molar-refractivity contribution in [2.75, 3.05) is 0 Å². The van der Waals surface area contributed by atoms with Gasteiger partial charge in [0.2, 0.25) is 0 Å². The molecule has 1 heterocycles. The SMILES string of the molecule is CCCCCCc1cnc(-c2ccc3c(F)c(CCc4cc(F)c(Cl)c(F)c4)ccc3c2)nc1. The third-order valence-electron chi connectivity index (χ3n) is 6.04. The Morgan fingerprint density at radius 2 is 1.50 bits per heavy atom. The maximum atomic E-state index is 15.2. The molecule has 0 bridgehead atoms. The maximum absolute atomic E-state index is 15.2. The molecule has 6 heteroatoms. The first-order valence-corrected chi connectivity index (χ1v) is 12.0. The summed E-state index contributed by atoms with van der Waals surface area (Å²) in [5.74, 6) is -1.34. The zero-order valence-corrected chi connectivity index (χ0v) is 19.8. The summed E-state index contributed by atoms with van der Waals surface area (Å²) < 4.78 is 42.5. The molecule has 34 heavy (non-hydrogen) atoms. The van der Waals surface area contributed by atoms with E-state index in [0.717, 1.165) is 29.4 Å². The number of benzene rings is 3. The van der Waals surface area contributed by atoms with Gasteiger partial charge in [-0.3, -0.25) is 0 Å². The zero-order valence-electron chi connectivity index (χ0n) is 19.1. The van der Waals surface area contributed by atoms with E-state index in [1.54, 1.807) is 12.1 Å². The van der Waals surface area contributed by atoms with Crippen LogP contribution in [0.4, 0.5) is 13.2 Å². The predicted octanol–water partition coefficient (Wildman–Crippen LogP) is 8.28. The van der Waals surface area contributed by atoms with Crippen molar-refractivity contribution in [3.63, 3.8) is 0 Å². The molecule has 3 aromatic carbocycles. The molecule has 0 amide bonds. The van der Waals surface area contributed by atoms with E-state index < -0.39 is 16.7 Å². The van der Waals surface area contributed by atoms with Crippen molar-refractivity contribution >= 4 is 22.4 Å². The Morgan fingerprint density at radius 3 is 2.21 bits per heavy atom. The fraction of sp³-hybridized carbons (Fsp3) is 0.286. The van der Waals surface area contributed by atoms with Crippen LogP contribution in [0.5, 0.6) is 0 Å². The average molecular weight is 483 g/mol. The number of hydrogen-bond acceptors (Lipinski definition) is 2. The number of nitrogens with zero attached hydrogens (tertiary/aromatic N) is 2. The van der Waals surface area contributed by atoms with Crippen LogP contribution in [0.3, 0.4) is 0 Å². The lowest BCUT2D eigenvalue weighted by Crippen LogP contribution is -1.98. The van der Waals surface area contributed by atoms with Crippen molar-refractivity contribution < 1.29 is 13.2 Å². The van der Waals surface area contributed by atoms with Gasteiger partial charge < -0.3 is 0 Å². The highest BCUT2D eigenvalue weighted by atomic mass is 35.5. The van der Waals surface area contributed by atoms with E-state index in [4.69, 9.17) is 11.6 Å². The van der Waals surface area contributed by atoms with Gasteiger partial charge in [-0.15, -0.1) is 0 Å². The van der Waals surface area contributed by atoms with Crippen molar-refractivity contribution in [2.45, 2.75) is 51.9 Å². The molecule has 0 fully saturated rings. The number of hydrogen-bond donors (Lipinski definition) is 0. The van der Waals surface area contributed by atoms with Gasteiger partial charge in [0.15, 0.2) is 5.82 Å². The average Bonchev–Trinajstić information content (AvgIpc) is 2.85. The Kier molecular flexibility index (Phi) is 7.84. The summed E-state index contributed by atoms with van der Waals surface area (Å²) in [6.45, 7) is 2.19. The summed E-state index contributed by atoms with van der Waals surface area (Å²) in [7, 11) is 0. The zero-order chi connectivity index (χ0) is 24.1. The molecule has 4 rings (SSSR count). The Morgan fingerprint density at radius 1 is 0.765 bits per heavy atom. The maximum Gasteiger partial charge on any atom is 0.159 e. The summed E-state index contributed by atoms with van der Waals surface area (Å²) in [5.41, 5.74) is 2.86. The van der Waals surface area contributed by atoms with E-state index in [2.05, 4.69) is 16.9 Å². The summed E-state index contributed by atoms with van der Waals surface area (Å²) >= 11 is 5.53. The molecule has 0 saturated carbocycles. The Balaban J connectivity index is 1.48. The van der Waals surface area contributed by atoms with Crippen LogP contribution in [-0.4, -0.2) is 9.97 Å². The number of aryl methyl sites for hydroxylation is 3. The fourth-order valence-corrected chi connectivity index (χ4v) is 4.20. The quantitative estimate of drug-likeness (QED) is 0.177. The van der Waals surface area contributed by atoms with Crippen molar-refractivity contribution in [3.8, 4) is 11.4 Å². The van der Waals surface area contributed by atoms with Crippen LogP contribution in [-0.2, 0) is 19.3 Å². The molecule has 0 N–H and O–H groups in total. The lowest BCUT2D eigenvalue weighted by molar-refractivity contribution is 0.579. The second-order valence-electron chi connectivity index (χ2n) is 8.57. The molecule has 176 valence electrons. The third-order valence-corrected chi connectivity index (χ3v) is 6.40. The molecule has 0 aliphatic carbocycles. The minimum Gasteiger partial charge on any atom is -0.236 e. The lowest BCUT2D eigenvalue weighted by Gasteiger charge is -2.09. The van der Waals surface area contributed by atoms with Gasteiger partial charge in [0.25, 0.3) is 0 Å². The second-order valence-corrected chi connectivity index (χ2v) is 8.95. The van der Waals surface area contributed by atoms with Gasteiger partial charge in [0.05, 0.1) is 0 Å². The van der Waals surface area contributed by atoms with Gasteiger partial charge in [0.1, 0.15) is 22.5 Å². The number of aromatic nitrogens is 2. The number of unbranched alkanes of at least 4 members (excludes halogenated alkanes) is 3. The Bertz CT molecular complexity index is 1270. The molecule has 2 nitrogen and oxygen atoms in total. The van der Waals surface area contributed by atoms with Crippen LogP contribution in [0.1, 0.15) is 49.3 Å². The summed E-state index contributed by atoms with van der Waals surface area (Å²) in [4.78, 5) is 9.00. The molecule has 0 unspecified atom stereocenters. The van der Waals surface area contributed by atoms with Crippen LogP contribution in [0.25, 0.3) is 22.2 Å². The largest absolute Gasteiger partial charge is 0.236 e. The van der Waals surface area contributed by atoms with Crippen LogP contribution in [0, 0.1) is 17.5 Å².